The van der Waals surface area contributed by atoms with Crippen molar-refractivity contribution in [2.45, 2.75) is 12.8 Å². The number of hydrogen-bond acceptors (Lipinski definition) is 2. The van der Waals surface area contributed by atoms with Crippen LogP contribution in [0.2, 0.25) is 0 Å². The Kier molecular flexibility index (Phi) is 3.96. The smallest absolute Gasteiger partial charge is 0.166 e. The van der Waals surface area contributed by atoms with E-state index in [0.29, 0.717) is 12.0 Å². The highest BCUT2D eigenvalue weighted by molar-refractivity contribution is 9.09. The number of benzene rings is 1. The van der Waals surface area contributed by atoms with Gasteiger partial charge in [0.25, 0.3) is 0 Å². The zero-order chi connectivity index (χ0) is 9.68. The molecular weight excluding hydrogens is 232 g/mol. The van der Waals surface area contributed by atoms with Crippen molar-refractivity contribution in [3.8, 4) is 5.75 Å². The largest absolute Gasteiger partial charge is 0.507 e. The van der Waals surface area contributed by atoms with Gasteiger partial charge in [0.05, 0.1) is 5.56 Å². The van der Waals surface area contributed by atoms with E-state index in [2.05, 4.69) is 15.9 Å². The van der Waals surface area contributed by atoms with Gasteiger partial charge in [0, 0.05) is 11.8 Å². The van der Waals surface area contributed by atoms with Crippen molar-refractivity contribution in [1.82, 2.24) is 0 Å². The van der Waals surface area contributed by atoms with Crippen molar-refractivity contribution in [3.05, 3.63) is 29.8 Å². The minimum Gasteiger partial charge on any atom is -0.507 e. The fraction of sp³-hybridized carbons (Fsp3) is 0.300. The summed E-state index contributed by atoms with van der Waals surface area (Å²) in [7, 11) is 0. The van der Waals surface area contributed by atoms with Crippen LogP contribution in [-0.4, -0.2) is 16.2 Å². The maximum absolute atomic E-state index is 11.4. The molecule has 0 heterocycles. The molecule has 13 heavy (non-hydrogen) atoms. The van der Waals surface area contributed by atoms with Gasteiger partial charge in [0.2, 0.25) is 0 Å². The van der Waals surface area contributed by atoms with Gasteiger partial charge in [-0.1, -0.05) is 28.1 Å². The van der Waals surface area contributed by atoms with Gasteiger partial charge in [-0.05, 0) is 18.6 Å². The highest BCUT2D eigenvalue weighted by Gasteiger charge is 2.08. The number of alkyl halides is 1. The Morgan fingerprint density at radius 3 is 2.69 bits per heavy atom. The maximum atomic E-state index is 11.4. The van der Waals surface area contributed by atoms with Crippen LogP contribution < -0.4 is 0 Å². The Labute approximate surface area is 85.7 Å². The molecule has 0 bridgehead atoms. The van der Waals surface area contributed by atoms with Gasteiger partial charge in [-0.3, -0.25) is 4.79 Å². The number of phenols is 1. The summed E-state index contributed by atoms with van der Waals surface area (Å²) in [4.78, 5) is 11.4. The number of hydrogen-bond donors (Lipinski definition) is 1. The van der Waals surface area contributed by atoms with E-state index in [1.807, 2.05) is 0 Å². The zero-order valence-electron chi connectivity index (χ0n) is 7.16. The lowest BCUT2D eigenvalue weighted by Crippen LogP contribution is -1.99. The molecule has 0 spiro atoms. The number of rotatable bonds is 4. The molecule has 0 radical (unpaired) electrons. The minimum absolute atomic E-state index is 0.00227. The Bertz CT molecular complexity index is 297. The molecule has 70 valence electrons. The second-order valence-electron chi connectivity index (χ2n) is 2.73. The molecule has 0 aliphatic heterocycles. The van der Waals surface area contributed by atoms with E-state index in [0.717, 1.165) is 11.8 Å². The monoisotopic (exact) mass is 242 g/mol. The van der Waals surface area contributed by atoms with Crippen LogP contribution in [0.15, 0.2) is 24.3 Å². The summed E-state index contributed by atoms with van der Waals surface area (Å²) >= 11 is 3.25. The van der Waals surface area contributed by atoms with Gasteiger partial charge < -0.3 is 5.11 Å². The zero-order valence-corrected chi connectivity index (χ0v) is 8.75. The number of carbonyl (C=O) groups is 1. The molecule has 0 unspecified atom stereocenters. The Hall–Kier alpha value is -0.830. The van der Waals surface area contributed by atoms with E-state index < -0.39 is 0 Å². The van der Waals surface area contributed by atoms with Gasteiger partial charge in [-0.15, -0.1) is 0 Å². The second kappa shape index (κ2) is 5.02. The van der Waals surface area contributed by atoms with Crippen LogP contribution in [0.3, 0.4) is 0 Å². The summed E-state index contributed by atoms with van der Waals surface area (Å²) < 4.78 is 0. The van der Waals surface area contributed by atoms with Crippen LogP contribution in [0.4, 0.5) is 0 Å². The molecule has 1 aromatic rings. The average molecular weight is 243 g/mol. The van der Waals surface area contributed by atoms with Crippen LogP contribution in [0.5, 0.6) is 5.75 Å². The fourth-order valence-corrected chi connectivity index (χ4v) is 1.35. The Morgan fingerprint density at radius 2 is 2.08 bits per heavy atom. The van der Waals surface area contributed by atoms with Gasteiger partial charge in [-0.25, -0.2) is 0 Å². The lowest BCUT2D eigenvalue weighted by atomic mass is 10.1. The number of aromatic hydroxyl groups is 1. The van der Waals surface area contributed by atoms with Gasteiger partial charge >= 0.3 is 0 Å². The van der Waals surface area contributed by atoms with Crippen LogP contribution in [0, 0.1) is 0 Å². The summed E-state index contributed by atoms with van der Waals surface area (Å²) in [5.74, 6) is 0.0691. The van der Waals surface area contributed by atoms with Crippen LogP contribution in [0.1, 0.15) is 23.2 Å². The second-order valence-corrected chi connectivity index (χ2v) is 3.53. The average Bonchev–Trinajstić information content (AvgIpc) is 2.15. The molecule has 0 fully saturated rings. The van der Waals surface area contributed by atoms with E-state index >= 15 is 0 Å². The molecule has 0 aromatic heterocycles. The van der Waals surface area contributed by atoms with E-state index in [1.54, 1.807) is 18.2 Å². The molecule has 0 atom stereocenters. The van der Waals surface area contributed by atoms with Crippen molar-refractivity contribution < 1.29 is 9.90 Å². The highest BCUT2D eigenvalue weighted by atomic mass is 79.9. The molecule has 3 heteroatoms. The summed E-state index contributed by atoms with van der Waals surface area (Å²) in [5, 5.41) is 10.2. The van der Waals surface area contributed by atoms with Crippen molar-refractivity contribution in [2.24, 2.45) is 0 Å². The third-order valence-corrected chi connectivity index (χ3v) is 2.30. The number of para-hydroxylation sites is 1. The van der Waals surface area contributed by atoms with E-state index in [4.69, 9.17) is 0 Å². The summed E-state index contributed by atoms with van der Waals surface area (Å²) in [6.07, 6.45) is 1.27. The summed E-state index contributed by atoms with van der Waals surface area (Å²) in [6, 6.07) is 6.63. The first-order valence-corrected chi connectivity index (χ1v) is 5.25. The number of halogens is 1. The lowest BCUT2D eigenvalue weighted by Gasteiger charge is -2.01. The Balaban J connectivity index is 2.71. The van der Waals surface area contributed by atoms with Crippen molar-refractivity contribution >= 4 is 21.7 Å². The lowest BCUT2D eigenvalue weighted by molar-refractivity contribution is 0.0979. The van der Waals surface area contributed by atoms with E-state index in [9.17, 15) is 9.90 Å². The van der Waals surface area contributed by atoms with Crippen molar-refractivity contribution in [1.29, 1.82) is 0 Å². The standard InChI is InChI=1S/C10H11BrO2/c11-7-3-6-10(13)8-4-1-2-5-9(8)12/h1-2,4-5,12H,3,6-7H2. The number of Topliss-reactive ketones (excluding diaryl/α,β-unsaturated/α-hetero) is 1. The molecule has 1 aromatic carbocycles. The normalized spacial score (nSPS) is 9.92. The molecule has 0 amide bonds. The quantitative estimate of drug-likeness (QED) is 0.652. The first-order valence-electron chi connectivity index (χ1n) is 4.13. The first-order chi connectivity index (χ1) is 6.25. The predicted molar refractivity (Wildman–Crippen MR) is 55.5 cm³/mol. The molecule has 0 saturated carbocycles. The first kappa shape index (κ1) is 10.3. The Morgan fingerprint density at radius 1 is 1.38 bits per heavy atom. The van der Waals surface area contributed by atoms with Crippen molar-refractivity contribution in [2.75, 3.05) is 5.33 Å². The van der Waals surface area contributed by atoms with Gasteiger partial charge in [-0.2, -0.15) is 0 Å². The highest BCUT2D eigenvalue weighted by Crippen LogP contribution is 2.18. The SMILES string of the molecule is O=C(CCCBr)c1ccccc1O. The predicted octanol–water partition coefficient (Wildman–Crippen LogP) is 2.75. The van der Waals surface area contributed by atoms with Crippen LogP contribution in [-0.2, 0) is 0 Å². The van der Waals surface area contributed by atoms with Crippen LogP contribution >= 0.6 is 15.9 Å². The third-order valence-electron chi connectivity index (χ3n) is 1.74. The van der Waals surface area contributed by atoms with Crippen LogP contribution in [0.25, 0.3) is 0 Å². The topological polar surface area (TPSA) is 37.3 Å². The molecule has 1 rings (SSSR count). The number of ketones is 1. The molecular formula is C10H11BrO2. The summed E-state index contributed by atoms with van der Waals surface area (Å²) in [5.41, 5.74) is 0.420. The van der Waals surface area contributed by atoms with Gasteiger partial charge in [0.15, 0.2) is 5.78 Å². The van der Waals surface area contributed by atoms with Gasteiger partial charge in [0.1, 0.15) is 5.75 Å². The number of phenolic OH excluding ortho intramolecular Hbond substituents is 1. The minimum atomic E-state index is -0.00227. The number of carbonyl (C=O) groups excluding carboxylic acids is 1. The maximum Gasteiger partial charge on any atom is 0.166 e. The fourth-order valence-electron chi connectivity index (χ4n) is 1.07. The third kappa shape index (κ3) is 2.84. The summed E-state index contributed by atoms with van der Waals surface area (Å²) in [6.45, 7) is 0. The molecule has 0 aliphatic rings. The molecule has 2 nitrogen and oxygen atoms in total. The molecule has 0 saturated heterocycles. The van der Waals surface area contributed by atoms with E-state index in [1.165, 1.54) is 6.07 Å². The van der Waals surface area contributed by atoms with E-state index in [-0.39, 0.29) is 11.5 Å². The molecule has 0 aliphatic carbocycles. The molecule has 1 N–H and O–H groups in total. The van der Waals surface area contributed by atoms with Crippen molar-refractivity contribution in [3.63, 3.8) is 0 Å².